The number of fused-ring (bicyclic) bond motifs is 2. The van der Waals surface area contributed by atoms with Crippen LogP contribution >= 0.6 is 12.4 Å². The van der Waals surface area contributed by atoms with Gasteiger partial charge in [-0.05, 0) is 33.0 Å². The molecule has 0 aliphatic heterocycles. The van der Waals surface area contributed by atoms with Crippen molar-refractivity contribution in [2.24, 2.45) is 0 Å². The highest BCUT2D eigenvalue weighted by Gasteiger charge is 2.24. The van der Waals surface area contributed by atoms with E-state index in [9.17, 15) is 9.90 Å². The molecule has 1 N–H and O–H groups in total. The molecule has 0 aliphatic rings. The van der Waals surface area contributed by atoms with Crippen LogP contribution < -0.4 is 10.2 Å². The SMILES string of the molecule is CCOCC(COc1c2oc(C)cc2c(O)c2c(=O)ccoc12)N(CC)CC.Cl. The maximum absolute atomic E-state index is 12.3. The number of ether oxygens (including phenoxy) is 2. The molecule has 0 aliphatic carbocycles. The molecule has 2 aromatic heterocycles. The predicted octanol–water partition coefficient (Wildman–Crippen LogP) is 4.10. The third kappa shape index (κ3) is 4.52. The molecular weight excluding hydrogens is 398 g/mol. The van der Waals surface area contributed by atoms with E-state index in [-0.39, 0.29) is 40.6 Å². The molecule has 1 unspecified atom stereocenters. The zero-order valence-corrected chi connectivity index (χ0v) is 18.0. The third-order valence-electron chi connectivity index (χ3n) is 4.90. The second-order valence-electron chi connectivity index (χ2n) is 6.61. The monoisotopic (exact) mass is 425 g/mol. The lowest BCUT2D eigenvalue weighted by Gasteiger charge is -2.29. The van der Waals surface area contributed by atoms with E-state index in [1.54, 1.807) is 13.0 Å². The van der Waals surface area contributed by atoms with Crippen LogP contribution in [0.1, 0.15) is 26.5 Å². The number of hydrogen-bond donors (Lipinski definition) is 1. The van der Waals surface area contributed by atoms with Crippen LogP contribution in [-0.4, -0.2) is 49.0 Å². The van der Waals surface area contributed by atoms with E-state index in [2.05, 4.69) is 18.7 Å². The lowest BCUT2D eigenvalue weighted by atomic mass is 10.1. The molecule has 0 radical (unpaired) electrons. The lowest BCUT2D eigenvalue weighted by molar-refractivity contribution is 0.0461. The van der Waals surface area contributed by atoms with Crippen LogP contribution in [0, 0.1) is 6.92 Å². The molecule has 2 heterocycles. The normalized spacial score (nSPS) is 12.4. The van der Waals surface area contributed by atoms with Crippen LogP contribution in [0.3, 0.4) is 0 Å². The van der Waals surface area contributed by atoms with Gasteiger partial charge in [0.2, 0.25) is 5.75 Å². The van der Waals surface area contributed by atoms with E-state index in [1.165, 1.54) is 12.3 Å². The van der Waals surface area contributed by atoms with Gasteiger partial charge in [-0.25, -0.2) is 0 Å². The van der Waals surface area contributed by atoms with Gasteiger partial charge in [0.05, 0.1) is 24.3 Å². The first-order chi connectivity index (χ1) is 13.5. The van der Waals surface area contributed by atoms with E-state index in [0.29, 0.717) is 42.3 Å². The zero-order chi connectivity index (χ0) is 20.3. The summed E-state index contributed by atoms with van der Waals surface area (Å²) in [7, 11) is 0. The molecule has 1 atom stereocenters. The maximum atomic E-state index is 12.3. The Morgan fingerprint density at radius 2 is 1.90 bits per heavy atom. The molecule has 1 aromatic carbocycles. The predicted molar refractivity (Wildman–Crippen MR) is 115 cm³/mol. The fourth-order valence-corrected chi connectivity index (χ4v) is 3.47. The van der Waals surface area contributed by atoms with Crippen molar-refractivity contribution < 1.29 is 23.4 Å². The second kappa shape index (κ2) is 10.0. The Morgan fingerprint density at radius 1 is 1.17 bits per heavy atom. The smallest absolute Gasteiger partial charge is 0.206 e. The molecule has 3 rings (SSSR count). The minimum absolute atomic E-state index is 0. The molecule has 8 heteroatoms. The van der Waals surface area contributed by atoms with Crippen LogP contribution in [0.15, 0.2) is 32.0 Å². The molecule has 160 valence electrons. The largest absolute Gasteiger partial charge is 0.506 e. The maximum Gasteiger partial charge on any atom is 0.206 e. The van der Waals surface area contributed by atoms with E-state index in [0.717, 1.165) is 13.1 Å². The molecule has 0 saturated heterocycles. The number of phenols is 1. The van der Waals surface area contributed by atoms with Gasteiger partial charge in [0.25, 0.3) is 0 Å². The fourth-order valence-electron chi connectivity index (χ4n) is 3.47. The Kier molecular flexibility index (Phi) is 7.96. The molecule has 7 nitrogen and oxygen atoms in total. The second-order valence-corrected chi connectivity index (χ2v) is 6.61. The number of aryl methyl sites for hydroxylation is 1. The number of hydrogen-bond acceptors (Lipinski definition) is 7. The first-order valence-electron chi connectivity index (χ1n) is 9.62. The number of rotatable bonds is 9. The van der Waals surface area contributed by atoms with Crippen molar-refractivity contribution in [3.8, 4) is 11.5 Å². The summed E-state index contributed by atoms with van der Waals surface area (Å²) in [5.74, 6) is 0.771. The van der Waals surface area contributed by atoms with Gasteiger partial charge in [-0.15, -0.1) is 12.4 Å². The summed E-state index contributed by atoms with van der Waals surface area (Å²) < 4.78 is 23.1. The van der Waals surface area contributed by atoms with E-state index < -0.39 is 0 Å². The van der Waals surface area contributed by atoms with Crippen molar-refractivity contribution >= 4 is 34.3 Å². The van der Waals surface area contributed by atoms with Gasteiger partial charge < -0.3 is 23.4 Å². The average molecular weight is 426 g/mol. The van der Waals surface area contributed by atoms with E-state index in [1.807, 2.05) is 6.92 Å². The lowest BCUT2D eigenvalue weighted by Crippen LogP contribution is -2.42. The highest BCUT2D eigenvalue weighted by Crippen LogP contribution is 2.42. The molecule has 0 amide bonds. The third-order valence-corrected chi connectivity index (χ3v) is 4.90. The van der Waals surface area contributed by atoms with Crippen molar-refractivity contribution in [2.45, 2.75) is 33.7 Å². The van der Waals surface area contributed by atoms with Gasteiger partial charge in [-0.2, -0.15) is 0 Å². The average Bonchev–Trinajstić information content (AvgIpc) is 3.07. The van der Waals surface area contributed by atoms with Crippen molar-refractivity contribution in [1.82, 2.24) is 4.90 Å². The molecule has 0 bridgehead atoms. The molecule has 29 heavy (non-hydrogen) atoms. The van der Waals surface area contributed by atoms with Crippen LogP contribution in [0.5, 0.6) is 11.5 Å². The minimum Gasteiger partial charge on any atom is -0.506 e. The van der Waals surface area contributed by atoms with Crippen LogP contribution in [0.4, 0.5) is 0 Å². The Hall–Kier alpha value is -2.22. The summed E-state index contributed by atoms with van der Waals surface area (Å²) in [6.45, 7) is 11.1. The molecule has 3 aromatic rings. The number of likely N-dealkylation sites (N-methyl/N-ethyl adjacent to an activating group) is 1. The topological polar surface area (TPSA) is 85.3 Å². The Morgan fingerprint density at radius 3 is 2.55 bits per heavy atom. The van der Waals surface area contributed by atoms with E-state index >= 15 is 0 Å². The summed E-state index contributed by atoms with van der Waals surface area (Å²) in [4.78, 5) is 14.6. The summed E-state index contributed by atoms with van der Waals surface area (Å²) in [6.07, 6.45) is 1.29. The van der Waals surface area contributed by atoms with Crippen LogP contribution in [0.25, 0.3) is 21.9 Å². The van der Waals surface area contributed by atoms with Gasteiger partial charge in [-0.3, -0.25) is 9.69 Å². The van der Waals surface area contributed by atoms with Gasteiger partial charge in [0.15, 0.2) is 16.6 Å². The summed E-state index contributed by atoms with van der Waals surface area (Å²) in [6, 6.07) is 2.99. The number of nitrogens with zero attached hydrogens (tertiary/aromatic N) is 1. The Bertz CT molecular complexity index is 1010. The van der Waals surface area contributed by atoms with Gasteiger partial charge >= 0.3 is 0 Å². The molecule has 0 saturated carbocycles. The summed E-state index contributed by atoms with van der Waals surface area (Å²) in [5, 5.41) is 11.1. The van der Waals surface area contributed by atoms with Crippen molar-refractivity contribution in [2.75, 3.05) is 32.9 Å². The van der Waals surface area contributed by atoms with Crippen molar-refractivity contribution in [3.63, 3.8) is 0 Å². The summed E-state index contributed by atoms with van der Waals surface area (Å²) >= 11 is 0. The van der Waals surface area contributed by atoms with Gasteiger partial charge in [0, 0.05) is 12.7 Å². The molecule has 0 fully saturated rings. The first-order valence-corrected chi connectivity index (χ1v) is 9.62. The van der Waals surface area contributed by atoms with Gasteiger partial charge in [0.1, 0.15) is 23.5 Å². The van der Waals surface area contributed by atoms with Crippen LogP contribution in [0.2, 0.25) is 0 Å². The standard InChI is InChI=1S/C21H27NO6.ClH/c1-5-22(6-2)14(11-25-7-3)12-27-21-19-15(10-13(4)28-19)18(24)17-16(23)8-9-26-20(17)21;/h8-10,14,24H,5-7,11-12H2,1-4H3;1H. The minimum atomic E-state index is -0.334. The highest BCUT2D eigenvalue weighted by atomic mass is 35.5. The number of benzene rings is 1. The van der Waals surface area contributed by atoms with Crippen molar-refractivity contribution in [3.05, 3.63) is 34.4 Å². The molecule has 0 spiro atoms. The zero-order valence-electron chi connectivity index (χ0n) is 17.2. The summed E-state index contributed by atoms with van der Waals surface area (Å²) in [5.41, 5.74) is 0.215. The Balaban J connectivity index is 0.00000300. The van der Waals surface area contributed by atoms with E-state index in [4.69, 9.17) is 18.3 Å². The Labute approximate surface area is 175 Å². The number of aromatic hydroxyl groups is 1. The van der Waals surface area contributed by atoms with Crippen LogP contribution in [-0.2, 0) is 4.74 Å². The molecular formula is C21H28ClNO6. The highest BCUT2D eigenvalue weighted by molar-refractivity contribution is 6.06. The van der Waals surface area contributed by atoms with Crippen molar-refractivity contribution in [1.29, 1.82) is 0 Å². The number of phenolic OH excluding ortho intramolecular Hbond substituents is 1. The number of halogens is 1. The fraction of sp³-hybridized carbons (Fsp3) is 0.476. The quantitative estimate of drug-likeness (QED) is 0.552. The van der Waals surface area contributed by atoms with Gasteiger partial charge in [-0.1, -0.05) is 13.8 Å². The first kappa shape index (κ1) is 23.1. The number of furan rings is 1.